The van der Waals surface area contributed by atoms with E-state index < -0.39 is 22.6 Å². The summed E-state index contributed by atoms with van der Waals surface area (Å²) in [7, 11) is -0.866. The number of nitrogens with zero attached hydrogens (tertiary/aromatic N) is 1. The fourth-order valence-corrected chi connectivity index (χ4v) is 4.15. The largest absolute Gasteiger partial charge is 0.454 e. The predicted octanol–water partition coefficient (Wildman–Crippen LogP) is 3.33. The molecule has 0 spiro atoms. The van der Waals surface area contributed by atoms with Crippen molar-refractivity contribution in [3.8, 4) is 0 Å². The molecule has 0 amide bonds. The number of esters is 1. The molecule has 0 aliphatic carbocycles. The number of aromatic nitrogens is 1. The Morgan fingerprint density at radius 2 is 1.83 bits per heavy atom. The molecular weight excluding hydrogens is 404 g/mol. The Morgan fingerprint density at radius 1 is 1.10 bits per heavy atom. The molecule has 0 saturated carbocycles. The average molecular weight is 429 g/mol. The molecule has 2 aromatic carbocycles. The second-order valence-corrected chi connectivity index (χ2v) is 9.31. The van der Waals surface area contributed by atoms with E-state index in [4.69, 9.17) is 4.74 Å². The minimum absolute atomic E-state index is 0.0138. The smallest absolute Gasteiger partial charge is 0.338 e. The van der Waals surface area contributed by atoms with Crippen LogP contribution in [-0.4, -0.2) is 50.2 Å². The van der Waals surface area contributed by atoms with E-state index in [1.165, 1.54) is 26.2 Å². The molecule has 8 heteroatoms. The Bertz CT molecular complexity index is 1230. The number of para-hydroxylation sites is 1. The van der Waals surface area contributed by atoms with Crippen LogP contribution in [-0.2, 0) is 21.2 Å². The van der Waals surface area contributed by atoms with Crippen LogP contribution in [0.25, 0.3) is 10.9 Å². The predicted molar refractivity (Wildman–Crippen MR) is 114 cm³/mol. The third-order valence-corrected chi connectivity index (χ3v) is 6.84. The number of Topliss-reactive ketones (excluding diaryl/α,β-unsaturated/α-hetero) is 1. The second-order valence-electron chi connectivity index (χ2n) is 7.16. The van der Waals surface area contributed by atoms with Crippen LogP contribution in [0.4, 0.5) is 0 Å². The lowest BCUT2D eigenvalue weighted by atomic mass is 10.1. The van der Waals surface area contributed by atoms with Crippen molar-refractivity contribution in [3.05, 3.63) is 64.8 Å². The third kappa shape index (κ3) is 4.01. The third-order valence-electron chi connectivity index (χ3n) is 5.02. The minimum Gasteiger partial charge on any atom is -0.454 e. The highest BCUT2D eigenvalue weighted by atomic mass is 32.2. The van der Waals surface area contributed by atoms with Crippen LogP contribution < -0.4 is 0 Å². The summed E-state index contributed by atoms with van der Waals surface area (Å²) in [5.41, 5.74) is 3.11. The Kier molecular flexibility index (Phi) is 6.09. The molecule has 3 aromatic rings. The fourth-order valence-electron chi connectivity index (χ4n) is 3.22. The van der Waals surface area contributed by atoms with Crippen molar-refractivity contribution >= 4 is 32.7 Å². The molecule has 0 bridgehead atoms. The number of H-pyrrole nitrogens is 1. The number of sulfonamides is 1. The molecule has 1 aromatic heterocycles. The van der Waals surface area contributed by atoms with E-state index in [0.29, 0.717) is 11.1 Å². The first kappa shape index (κ1) is 21.7. The molecule has 0 radical (unpaired) electrons. The van der Waals surface area contributed by atoms with Crippen molar-refractivity contribution < 1.29 is 22.7 Å². The Morgan fingerprint density at radius 3 is 2.50 bits per heavy atom. The van der Waals surface area contributed by atoms with Crippen LogP contribution in [0.3, 0.4) is 0 Å². The Balaban J connectivity index is 1.80. The topological polar surface area (TPSA) is 96.5 Å². The fraction of sp³-hybridized carbons (Fsp3) is 0.273. The van der Waals surface area contributed by atoms with Gasteiger partial charge in [0.15, 0.2) is 6.61 Å². The summed E-state index contributed by atoms with van der Waals surface area (Å²) in [6, 6.07) is 9.98. The quantitative estimate of drug-likeness (QED) is 0.460. The van der Waals surface area contributed by atoms with Crippen LogP contribution in [0.1, 0.15) is 38.8 Å². The van der Waals surface area contributed by atoms with Crippen molar-refractivity contribution in [1.29, 1.82) is 0 Å². The minimum atomic E-state index is -3.69. The summed E-state index contributed by atoms with van der Waals surface area (Å²) in [4.78, 5) is 28.3. The zero-order chi connectivity index (χ0) is 22.1. The van der Waals surface area contributed by atoms with Gasteiger partial charge in [-0.25, -0.2) is 17.5 Å². The van der Waals surface area contributed by atoms with Crippen LogP contribution in [0.5, 0.6) is 0 Å². The number of hydrogen-bond acceptors (Lipinski definition) is 5. The van der Waals surface area contributed by atoms with Gasteiger partial charge in [-0.15, -0.1) is 0 Å². The highest BCUT2D eigenvalue weighted by molar-refractivity contribution is 7.89. The SMILES string of the molecule is CCc1cccc2c(C(=O)COC(=O)c3cc(S(=O)(=O)N(C)C)ccc3C)c[nH]c12. The van der Waals surface area contributed by atoms with Gasteiger partial charge in [0, 0.05) is 36.8 Å². The monoisotopic (exact) mass is 428 g/mol. The molecule has 0 saturated heterocycles. The van der Waals surface area contributed by atoms with Crippen LogP contribution in [0.2, 0.25) is 0 Å². The summed E-state index contributed by atoms with van der Waals surface area (Å²) in [5, 5.41) is 0.783. The number of carbonyl (C=O) groups excluding carboxylic acids is 2. The summed E-state index contributed by atoms with van der Waals surface area (Å²) >= 11 is 0. The van der Waals surface area contributed by atoms with Gasteiger partial charge in [-0.2, -0.15) is 0 Å². The zero-order valence-electron chi connectivity index (χ0n) is 17.4. The second kappa shape index (κ2) is 8.41. The number of nitrogens with one attached hydrogen (secondary N) is 1. The number of aryl methyl sites for hydroxylation is 2. The number of fused-ring (bicyclic) bond motifs is 1. The van der Waals surface area contributed by atoms with E-state index in [1.54, 1.807) is 19.2 Å². The maximum absolute atomic E-state index is 12.7. The van der Waals surface area contributed by atoms with Crippen molar-refractivity contribution in [2.75, 3.05) is 20.7 Å². The molecule has 1 N–H and O–H groups in total. The molecule has 0 fully saturated rings. The van der Waals surface area contributed by atoms with Crippen molar-refractivity contribution in [2.45, 2.75) is 25.2 Å². The molecule has 1 heterocycles. The van der Waals surface area contributed by atoms with Gasteiger partial charge in [-0.05, 0) is 36.6 Å². The first-order valence-electron chi connectivity index (χ1n) is 9.49. The van der Waals surface area contributed by atoms with Crippen LogP contribution in [0, 0.1) is 6.92 Å². The van der Waals surface area contributed by atoms with Gasteiger partial charge in [0.1, 0.15) is 0 Å². The number of carbonyl (C=O) groups is 2. The summed E-state index contributed by atoms with van der Waals surface area (Å²) in [6.45, 7) is 3.27. The molecule has 0 unspecified atom stereocenters. The number of aromatic amines is 1. The van der Waals surface area contributed by atoms with Crippen LogP contribution in [0.15, 0.2) is 47.5 Å². The van der Waals surface area contributed by atoms with E-state index in [2.05, 4.69) is 4.98 Å². The lowest BCUT2D eigenvalue weighted by Gasteiger charge is -2.13. The average Bonchev–Trinajstić information content (AvgIpc) is 3.16. The van der Waals surface area contributed by atoms with E-state index >= 15 is 0 Å². The normalized spacial score (nSPS) is 11.8. The number of ether oxygens (including phenoxy) is 1. The van der Waals surface area contributed by atoms with E-state index in [9.17, 15) is 18.0 Å². The van der Waals surface area contributed by atoms with Crippen LogP contribution >= 0.6 is 0 Å². The number of rotatable bonds is 7. The van der Waals surface area contributed by atoms with Gasteiger partial charge in [-0.3, -0.25) is 4.79 Å². The molecule has 30 heavy (non-hydrogen) atoms. The Labute approximate surface area is 175 Å². The molecule has 0 atom stereocenters. The first-order valence-corrected chi connectivity index (χ1v) is 10.9. The highest BCUT2D eigenvalue weighted by Gasteiger charge is 2.22. The van der Waals surface area contributed by atoms with E-state index in [1.807, 2.05) is 25.1 Å². The van der Waals surface area contributed by atoms with Gasteiger partial charge in [0.2, 0.25) is 15.8 Å². The van der Waals surface area contributed by atoms with E-state index in [-0.39, 0.29) is 16.2 Å². The molecule has 0 aliphatic rings. The standard InChI is InChI=1S/C22H24N2O5S/c1-5-15-7-6-8-17-19(12-23-21(15)17)20(25)13-29-22(26)18-11-16(10-9-14(18)2)30(27,28)24(3)4/h6-12,23H,5,13H2,1-4H3. The summed E-state index contributed by atoms with van der Waals surface area (Å²) in [6.07, 6.45) is 2.45. The van der Waals surface area contributed by atoms with Crippen molar-refractivity contribution in [2.24, 2.45) is 0 Å². The summed E-state index contributed by atoms with van der Waals surface area (Å²) < 4.78 is 30.9. The van der Waals surface area contributed by atoms with Gasteiger partial charge in [-0.1, -0.05) is 31.2 Å². The van der Waals surface area contributed by atoms with Crippen molar-refractivity contribution in [1.82, 2.24) is 9.29 Å². The lowest BCUT2D eigenvalue weighted by Crippen LogP contribution is -2.23. The number of ketones is 1. The maximum atomic E-state index is 12.7. The molecule has 0 aliphatic heterocycles. The van der Waals surface area contributed by atoms with Gasteiger partial charge >= 0.3 is 5.97 Å². The maximum Gasteiger partial charge on any atom is 0.338 e. The van der Waals surface area contributed by atoms with Crippen molar-refractivity contribution in [3.63, 3.8) is 0 Å². The Hall–Kier alpha value is -2.97. The van der Waals surface area contributed by atoms with Gasteiger partial charge in [0.05, 0.1) is 10.5 Å². The molecule has 158 valence electrons. The molecule has 7 nitrogen and oxygen atoms in total. The van der Waals surface area contributed by atoms with Gasteiger partial charge in [0.25, 0.3) is 0 Å². The molecular formula is C22H24N2O5S. The summed E-state index contributed by atoms with van der Waals surface area (Å²) in [5.74, 6) is -1.08. The number of hydrogen-bond donors (Lipinski definition) is 1. The highest BCUT2D eigenvalue weighted by Crippen LogP contribution is 2.23. The van der Waals surface area contributed by atoms with Gasteiger partial charge < -0.3 is 9.72 Å². The number of benzene rings is 2. The zero-order valence-corrected chi connectivity index (χ0v) is 18.2. The molecule has 3 rings (SSSR count). The van der Waals surface area contributed by atoms with E-state index in [0.717, 1.165) is 27.2 Å². The lowest BCUT2D eigenvalue weighted by molar-refractivity contribution is 0.0474. The first-order chi connectivity index (χ1) is 14.2.